The average molecular weight is 264 g/mol. The van der Waals surface area contributed by atoms with Crippen LogP contribution in [0.15, 0.2) is 0 Å². The van der Waals surface area contributed by atoms with Crippen LogP contribution in [0.2, 0.25) is 0 Å². The molecule has 0 radical (unpaired) electrons. The standard InChI is InChI=1S/C10H20N2O4S/c1-10(2,7-13)12-9(14)5-8-6-17(15,16)4-3-11-8/h8,11,13H,3-7H2,1-2H3,(H,12,14). The van der Waals surface area contributed by atoms with Crippen LogP contribution in [0.5, 0.6) is 0 Å². The lowest BCUT2D eigenvalue weighted by molar-refractivity contribution is -0.123. The van der Waals surface area contributed by atoms with Crippen molar-refractivity contribution in [3.8, 4) is 0 Å². The lowest BCUT2D eigenvalue weighted by Crippen LogP contribution is -2.51. The number of amides is 1. The second-order valence-electron chi connectivity index (χ2n) is 5.06. The summed E-state index contributed by atoms with van der Waals surface area (Å²) in [7, 11) is -3.02. The number of carbonyl (C=O) groups is 1. The largest absolute Gasteiger partial charge is 0.394 e. The zero-order valence-corrected chi connectivity index (χ0v) is 11.0. The molecule has 0 aromatic rings. The lowest BCUT2D eigenvalue weighted by atomic mass is 10.1. The van der Waals surface area contributed by atoms with E-state index in [0.717, 1.165) is 0 Å². The zero-order chi connectivity index (χ0) is 13.1. The summed E-state index contributed by atoms with van der Waals surface area (Å²) in [5.41, 5.74) is -0.676. The quantitative estimate of drug-likeness (QED) is 0.583. The van der Waals surface area contributed by atoms with Crippen LogP contribution in [0.1, 0.15) is 20.3 Å². The molecule has 1 fully saturated rings. The molecule has 1 aliphatic heterocycles. The molecule has 0 saturated carbocycles. The van der Waals surface area contributed by atoms with E-state index in [0.29, 0.717) is 6.54 Å². The van der Waals surface area contributed by atoms with Gasteiger partial charge in [0.25, 0.3) is 0 Å². The number of nitrogens with one attached hydrogen (secondary N) is 2. The molecule has 1 heterocycles. The van der Waals surface area contributed by atoms with Gasteiger partial charge in [-0.15, -0.1) is 0 Å². The molecule has 7 heteroatoms. The van der Waals surface area contributed by atoms with Crippen LogP contribution in [-0.2, 0) is 14.6 Å². The predicted molar refractivity (Wildman–Crippen MR) is 64.4 cm³/mol. The fourth-order valence-corrected chi connectivity index (χ4v) is 3.13. The fourth-order valence-electron chi connectivity index (χ4n) is 1.69. The van der Waals surface area contributed by atoms with E-state index in [2.05, 4.69) is 10.6 Å². The molecular formula is C10H20N2O4S. The third kappa shape index (κ3) is 5.01. The van der Waals surface area contributed by atoms with E-state index in [1.807, 2.05) is 0 Å². The van der Waals surface area contributed by atoms with Crippen molar-refractivity contribution in [2.45, 2.75) is 31.8 Å². The highest BCUT2D eigenvalue weighted by molar-refractivity contribution is 7.91. The fraction of sp³-hybridized carbons (Fsp3) is 0.900. The van der Waals surface area contributed by atoms with Gasteiger partial charge in [-0.1, -0.05) is 0 Å². The van der Waals surface area contributed by atoms with Crippen LogP contribution in [0.3, 0.4) is 0 Å². The summed E-state index contributed by atoms with van der Waals surface area (Å²) in [4.78, 5) is 11.6. The molecule has 100 valence electrons. The lowest BCUT2D eigenvalue weighted by Gasteiger charge is -2.27. The Balaban J connectivity index is 2.47. The van der Waals surface area contributed by atoms with E-state index < -0.39 is 15.4 Å². The van der Waals surface area contributed by atoms with Crippen molar-refractivity contribution in [1.29, 1.82) is 0 Å². The molecule has 0 spiro atoms. The molecule has 1 atom stereocenters. The van der Waals surface area contributed by atoms with Gasteiger partial charge >= 0.3 is 0 Å². The molecule has 1 aliphatic rings. The van der Waals surface area contributed by atoms with Crippen molar-refractivity contribution in [3.63, 3.8) is 0 Å². The molecule has 1 rings (SSSR count). The summed E-state index contributed by atoms with van der Waals surface area (Å²) < 4.78 is 22.7. The second kappa shape index (κ2) is 5.32. The molecule has 0 aliphatic carbocycles. The van der Waals surface area contributed by atoms with Crippen molar-refractivity contribution in [2.24, 2.45) is 0 Å². The van der Waals surface area contributed by atoms with Crippen LogP contribution in [0.25, 0.3) is 0 Å². The van der Waals surface area contributed by atoms with Crippen LogP contribution >= 0.6 is 0 Å². The minimum atomic E-state index is -3.02. The van der Waals surface area contributed by atoms with Gasteiger partial charge in [-0.3, -0.25) is 4.79 Å². The monoisotopic (exact) mass is 264 g/mol. The number of hydrogen-bond acceptors (Lipinski definition) is 5. The maximum atomic E-state index is 11.6. The minimum absolute atomic E-state index is 0.0000262. The highest BCUT2D eigenvalue weighted by atomic mass is 32.2. The first kappa shape index (κ1) is 14.4. The van der Waals surface area contributed by atoms with Crippen LogP contribution in [-0.4, -0.2) is 55.7 Å². The number of aliphatic hydroxyl groups is 1. The predicted octanol–water partition coefficient (Wildman–Crippen LogP) is -1.35. The van der Waals surface area contributed by atoms with Gasteiger partial charge in [0.1, 0.15) is 0 Å². The van der Waals surface area contributed by atoms with Gasteiger partial charge in [-0.2, -0.15) is 0 Å². The third-order valence-corrected chi connectivity index (χ3v) is 4.34. The number of sulfone groups is 1. The number of aliphatic hydroxyl groups excluding tert-OH is 1. The van der Waals surface area contributed by atoms with E-state index >= 15 is 0 Å². The molecule has 0 aromatic carbocycles. The number of carbonyl (C=O) groups excluding carboxylic acids is 1. The first-order valence-corrected chi connectivity index (χ1v) is 7.42. The van der Waals surface area contributed by atoms with Crippen molar-refractivity contribution in [3.05, 3.63) is 0 Å². The maximum absolute atomic E-state index is 11.6. The first-order valence-electron chi connectivity index (χ1n) is 5.60. The Hall–Kier alpha value is -0.660. The molecule has 17 heavy (non-hydrogen) atoms. The molecular weight excluding hydrogens is 244 g/mol. The van der Waals surface area contributed by atoms with Gasteiger partial charge in [0.2, 0.25) is 5.91 Å². The Bertz CT molecular complexity index is 378. The Kier molecular flexibility index (Phi) is 4.51. The summed E-state index contributed by atoms with van der Waals surface area (Å²) in [6.07, 6.45) is 0.114. The second-order valence-corrected chi connectivity index (χ2v) is 7.29. The van der Waals surface area contributed by atoms with Crippen molar-refractivity contribution < 1.29 is 18.3 Å². The number of rotatable bonds is 4. The smallest absolute Gasteiger partial charge is 0.222 e. The van der Waals surface area contributed by atoms with Gasteiger partial charge < -0.3 is 15.7 Å². The van der Waals surface area contributed by atoms with Crippen LogP contribution in [0, 0.1) is 0 Å². The SMILES string of the molecule is CC(C)(CO)NC(=O)CC1CS(=O)(=O)CCN1. The summed E-state index contributed by atoms with van der Waals surface area (Å²) >= 11 is 0. The van der Waals surface area contributed by atoms with E-state index in [4.69, 9.17) is 5.11 Å². The molecule has 1 saturated heterocycles. The van der Waals surface area contributed by atoms with Gasteiger partial charge in [0.05, 0.1) is 23.7 Å². The maximum Gasteiger partial charge on any atom is 0.222 e. The summed E-state index contributed by atoms with van der Waals surface area (Å²) in [5, 5.41) is 14.7. The van der Waals surface area contributed by atoms with E-state index in [-0.39, 0.29) is 36.5 Å². The zero-order valence-electron chi connectivity index (χ0n) is 10.2. The van der Waals surface area contributed by atoms with Crippen molar-refractivity contribution in [2.75, 3.05) is 24.7 Å². The summed E-state index contributed by atoms with van der Waals surface area (Å²) in [6.45, 7) is 3.64. The van der Waals surface area contributed by atoms with Gasteiger partial charge in [0.15, 0.2) is 9.84 Å². The average Bonchev–Trinajstić information content (AvgIpc) is 2.14. The van der Waals surface area contributed by atoms with Gasteiger partial charge in [0, 0.05) is 19.0 Å². The topological polar surface area (TPSA) is 95.5 Å². The minimum Gasteiger partial charge on any atom is -0.394 e. The Morgan fingerprint density at radius 3 is 2.71 bits per heavy atom. The first-order chi connectivity index (χ1) is 7.74. The van der Waals surface area contributed by atoms with Crippen LogP contribution in [0.4, 0.5) is 0 Å². The molecule has 3 N–H and O–H groups in total. The summed E-state index contributed by atoms with van der Waals surface area (Å²) in [6, 6.07) is -0.330. The van der Waals surface area contributed by atoms with Gasteiger partial charge in [-0.25, -0.2) is 8.42 Å². The highest BCUT2D eigenvalue weighted by Crippen LogP contribution is 2.07. The molecule has 1 unspecified atom stereocenters. The van der Waals surface area contributed by atoms with Crippen molar-refractivity contribution >= 4 is 15.7 Å². The van der Waals surface area contributed by atoms with Crippen LogP contribution < -0.4 is 10.6 Å². The molecule has 0 bridgehead atoms. The Morgan fingerprint density at radius 1 is 1.53 bits per heavy atom. The summed E-state index contributed by atoms with van der Waals surface area (Å²) in [5.74, 6) is -0.119. The van der Waals surface area contributed by atoms with Crippen molar-refractivity contribution in [1.82, 2.24) is 10.6 Å². The Morgan fingerprint density at radius 2 is 2.18 bits per heavy atom. The van der Waals surface area contributed by atoms with E-state index in [1.165, 1.54) is 0 Å². The molecule has 0 aromatic heterocycles. The molecule has 1 amide bonds. The van der Waals surface area contributed by atoms with Gasteiger partial charge in [-0.05, 0) is 13.8 Å². The highest BCUT2D eigenvalue weighted by Gasteiger charge is 2.27. The third-order valence-electron chi connectivity index (χ3n) is 2.61. The molecule has 6 nitrogen and oxygen atoms in total. The normalized spacial score (nSPS) is 24.3. The van der Waals surface area contributed by atoms with E-state index in [9.17, 15) is 13.2 Å². The Labute approximate surface area is 102 Å². The number of hydrogen-bond donors (Lipinski definition) is 3. The van der Waals surface area contributed by atoms with E-state index in [1.54, 1.807) is 13.8 Å².